The fourth-order valence-corrected chi connectivity index (χ4v) is 4.34. The van der Waals surface area contributed by atoms with Gasteiger partial charge in [-0.2, -0.15) is 0 Å². The molecule has 0 radical (unpaired) electrons. The highest BCUT2D eigenvalue weighted by atomic mass is 16.5. The third-order valence-corrected chi connectivity index (χ3v) is 6.05. The lowest BCUT2D eigenvalue weighted by atomic mass is 9.88. The van der Waals surface area contributed by atoms with Gasteiger partial charge in [0.05, 0.1) is 13.7 Å². The molecule has 3 rings (SSSR count). The normalized spacial score (nSPS) is 17.9. The summed E-state index contributed by atoms with van der Waals surface area (Å²) in [6, 6.07) is 5.83. The Hall–Kier alpha value is -2.24. The van der Waals surface area contributed by atoms with E-state index in [9.17, 15) is 9.59 Å². The first-order chi connectivity index (χ1) is 14.1. The molecule has 2 fully saturated rings. The number of aryl methyl sites for hydroxylation is 1. The van der Waals surface area contributed by atoms with Gasteiger partial charge >= 0.3 is 0 Å². The fourth-order valence-electron chi connectivity index (χ4n) is 4.34. The van der Waals surface area contributed by atoms with Crippen LogP contribution in [0.3, 0.4) is 0 Å². The average Bonchev–Trinajstić information content (AvgIpc) is 2.78. The molecule has 1 heterocycles. The van der Waals surface area contributed by atoms with Gasteiger partial charge in [-0.25, -0.2) is 0 Å². The molecular formula is C23H34N2O4. The van der Waals surface area contributed by atoms with Gasteiger partial charge in [0.1, 0.15) is 0 Å². The minimum Gasteiger partial charge on any atom is -0.493 e. The van der Waals surface area contributed by atoms with Crippen molar-refractivity contribution in [3.8, 4) is 11.5 Å². The monoisotopic (exact) mass is 402 g/mol. The van der Waals surface area contributed by atoms with Crippen LogP contribution in [0.1, 0.15) is 51.0 Å². The van der Waals surface area contributed by atoms with Crippen LogP contribution < -0.4 is 9.47 Å². The van der Waals surface area contributed by atoms with Crippen LogP contribution in [-0.4, -0.2) is 61.5 Å². The number of nitrogens with zero attached hydrogens (tertiary/aromatic N) is 2. The maximum absolute atomic E-state index is 12.7. The Morgan fingerprint density at radius 3 is 2.34 bits per heavy atom. The van der Waals surface area contributed by atoms with Crippen LogP contribution in [0.5, 0.6) is 11.5 Å². The smallest absolute Gasteiger partial charge is 0.225 e. The molecule has 29 heavy (non-hydrogen) atoms. The Morgan fingerprint density at radius 1 is 1.00 bits per heavy atom. The van der Waals surface area contributed by atoms with E-state index in [1.807, 2.05) is 34.9 Å². The summed E-state index contributed by atoms with van der Waals surface area (Å²) in [7, 11) is 1.63. The zero-order chi connectivity index (χ0) is 20.6. The van der Waals surface area contributed by atoms with Crippen molar-refractivity contribution >= 4 is 11.8 Å². The van der Waals surface area contributed by atoms with Crippen molar-refractivity contribution in [1.82, 2.24) is 9.80 Å². The van der Waals surface area contributed by atoms with Crippen LogP contribution in [-0.2, 0) is 16.0 Å². The van der Waals surface area contributed by atoms with E-state index in [0.29, 0.717) is 57.3 Å². The third-order valence-electron chi connectivity index (χ3n) is 6.05. The molecule has 0 spiro atoms. The summed E-state index contributed by atoms with van der Waals surface area (Å²) in [5.74, 6) is 2.09. The van der Waals surface area contributed by atoms with Gasteiger partial charge < -0.3 is 19.3 Å². The molecule has 1 aliphatic carbocycles. The Balaban J connectivity index is 1.45. The zero-order valence-electron chi connectivity index (χ0n) is 17.8. The molecule has 160 valence electrons. The van der Waals surface area contributed by atoms with Gasteiger partial charge in [-0.3, -0.25) is 9.59 Å². The number of amides is 2. The Morgan fingerprint density at radius 2 is 1.69 bits per heavy atom. The van der Waals surface area contributed by atoms with Gasteiger partial charge in [0.15, 0.2) is 11.5 Å². The molecule has 1 aromatic carbocycles. The van der Waals surface area contributed by atoms with Crippen molar-refractivity contribution in [1.29, 1.82) is 0 Å². The van der Waals surface area contributed by atoms with E-state index in [1.54, 1.807) is 7.11 Å². The van der Waals surface area contributed by atoms with E-state index in [0.717, 1.165) is 24.2 Å². The second kappa shape index (κ2) is 10.5. The summed E-state index contributed by atoms with van der Waals surface area (Å²) in [4.78, 5) is 29.2. The molecule has 1 aromatic rings. The van der Waals surface area contributed by atoms with Gasteiger partial charge in [-0.1, -0.05) is 25.3 Å². The van der Waals surface area contributed by atoms with Crippen molar-refractivity contribution in [2.75, 3.05) is 39.9 Å². The van der Waals surface area contributed by atoms with E-state index >= 15 is 0 Å². The fraction of sp³-hybridized carbons (Fsp3) is 0.652. The molecule has 0 unspecified atom stereocenters. The van der Waals surface area contributed by atoms with Crippen molar-refractivity contribution < 1.29 is 19.1 Å². The number of hydrogen-bond donors (Lipinski definition) is 0. The van der Waals surface area contributed by atoms with E-state index in [4.69, 9.17) is 9.47 Å². The van der Waals surface area contributed by atoms with Gasteiger partial charge in [0, 0.05) is 38.5 Å². The standard InChI is InChI=1S/C23H34N2O4/c1-3-29-20-11-9-18(17-21(20)28-2)10-12-22(26)24-13-15-25(16-14-24)23(27)19-7-5-4-6-8-19/h9,11,17,19H,3-8,10,12-16H2,1-2H3. The van der Waals surface area contributed by atoms with Crippen LogP contribution in [0, 0.1) is 5.92 Å². The number of benzene rings is 1. The van der Waals surface area contributed by atoms with Gasteiger partial charge in [0.25, 0.3) is 0 Å². The SMILES string of the molecule is CCOc1ccc(CCC(=O)N2CCN(C(=O)C3CCCCC3)CC2)cc1OC. The summed E-state index contributed by atoms with van der Waals surface area (Å²) < 4.78 is 10.9. The predicted molar refractivity (Wildman–Crippen MR) is 112 cm³/mol. The maximum atomic E-state index is 12.7. The lowest BCUT2D eigenvalue weighted by molar-refractivity contribution is -0.142. The predicted octanol–water partition coefficient (Wildman–Crippen LogP) is 3.28. The molecule has 1 saturated carbocycles. The van der Waals surface area contributed by atoms with Crippen LogP contribution >= 0.6 is 0 Å². The minimum absolute atomic E-state index is 0.155. The molecule has 1 saturated heterocycles. The van der Waals surface area contributed by atoms with E-state index < -0.39 is 0 Å². The molecular weight excluding hydrogens is 368 g/mol. The molecule has 2 amide bonds. The highest BCUT2D eigenvalue weighted by molar-refractivity contribution is 5.80. The third kappa shape index (κ3) is 5.64. The molecule has 6 heteroatoms. The highest BCUT2D eigenvalue weighted by Crippen LogP contribution is 2.29. The highest BCUT2D eigenvalue weighted by Gasteiger charge is 2.29. The van der Waals surface area contributed by atoms with Crippen LogP contribution in [0.2, 0.25) is 0 Å². The Bertz CT molecular complexity index is 692. The van der Waals surface area contributed by atoms with Crippen molar-refractivity contribution in [3.63, 3.8) is 0 Å². The van der Waals surface area contributed by atoms with Gasteiger partial charge in [0.2, 0.25) is 11.8 Å². The van der Waals surface area contributed by atoms with Crippen LogP contribution in [0.15, 0.2) is 18.2 Å². The first kappa shape index (κ1) is 21.5. The molecule has 2 aliphatic rings. The zero-order valence-corrected chi connectivity index (χ0v) is 17.8. The first-order valence-corrected chi connectivity index (χ1v) is 11.0. The molecule has 0 aromatic heterocycles. The number of carbonyl (C=O) groups excluding carboxylic acids is 2. The molecule has 0 bridgehead atoms. The summed E-state index contributed by atoms with van der Waals surface area (Å²) in [6.45, 7) is 5.14. The van der Waals surface area contributed by atoms with Crippen molar-refractivity contribution in [2.24, 2.45) is 5.92 Å². The van der Waals surface area contributed by atoms with Gasteiger partial charge in [-0.05, 0) is 43.9 Å². The average molecular weight is 403 g/mol. The topological polar surface area (TPSA) is 59.1 Å². The number of piperazine rings is 1. The number of rotatable bonds is 7. The number of hydrogen-bond acceptors (Lipinski definition) is 4. The molecule has 0 N–H and O–H groups in total. The van der Waals surface area contributed by atoms with E-state index in [1.165, 1.54) is 19.3 Å². The quantitative estimate of drug-likeness (QED) is 0.702. The van der Waals surface area contributed by atoms with Crippen molar-refractivity contribution in [3.05, 3.63) is 23.8 Å². The lowest BCUT2D eigenvalue weighted by Crippen LogP contribution is -2.52. The molecule has 0 atom stereocenters. The number of ether oxygens (including phenoxy) is 2. The molecule has 1 aliphatic heterocycles. The molecule has 6 nitrogen and oxygen atoms in total. The second-order valence-electron chi connectivity index (χ2n) is 7.96. The van der Waals surface area contributed by atoms with E-state index in [2.05, 4.69) is 0 Å². The summed E-state index contributed by atoms with van der Waals surface area (Å²) in [6.07, 6.45) is 6.80. The van der Waals surface area contributed by atoms with Gasteiger partial charge in [-0.15, -0.1) is 0 Å². The Kier molecular flexibility index (Phi) is 7.78. The van der Waals surface area contributed by atoms with Crippen molar-refractivity contribution in [2.45, 2.75) is 51.9 Å². The second-order valence-corrected chi connectivity index (χ2v) is 7.96. The van der Waals surface area contributed by atoms with Crippen LogP contribution in [0.25, 0.3) is 0 Å². The van der Waals surface area contributed by atoms with Crippen LogP contribution in [0.4, 0.5) is 0 Å². The maximum Gasteiger partial charge on any atom is 0.225 e. The minimum atomic E-state index is 0.155. The lowest BCUT2D eigenvalue weighted by Gasteiger charge is -2.37. The largest absolute Gasteiger partial charge is 0.493 e. The van der Waals surface area contributed by atoms with E-state index in [-0.39, 0.29) is 11.8 Å². The summed E-state index contributed by atoms with van der Waals surface area (Å²) >= 11 is 0. The number of carbonyl (C=O) groups is 2. The summed E-state index contributed by atoms with van der Waals surface area (Å²) in [5.41, 5.74) is 1.06. The first-order valence-electron chi connectivity index (χ1n) is 11.0. The number of methoxy groups -OCH3 is 1. The summed E-state index contributed by atoms with van der Waals surface area (Å²) in [5, 5.41) is 0. The Labute approximate surface area is 174 Å².